The first-order valence-corrected chi connectivity index (χ1v) is 7.96. The van der Waals surface area contributed by atoms with E-state index in [1.165, 1.54) is 17.2 Å². The van der Waals surface area contributed by atoms with Gasteiger partial charge in [0, 0.05) is 18.8 Å². The average Bonchev–Trinajstić information content (AvgIpc) is 2.50. The molecule has 3 rings (SSSR count). The van der Waals surface area contributed by atoms with Crippen molar-refractivity contribution in [2.24, 2.45) is 0 Å². The molecule has 1 heterocycles. The van der Waals surface area contributed by atoms with Crippen LogP contribution in [-0.2, 0) is 13.0 Å². The van der Waals surface area contributed by atoms with E-state index in [9.17, 15) is 9.18 Å². The highest BCUT2D eigenvalue weighted by Crippen LogP contribution is 2.26. The molecule has 0 radical (unpaired) electrons. The molecule has 23 heavy (non-hydrogen) atoms. The molecule has 0 unspecified atom stereocenters. The Hall–Kier alpha value is -1.62. The fraction of sp³-hybridized carbons (Fsp3) is 0.235. The van der Waals surface area contributed by atoms with Crippen LogP contribution in [0.25, 0.3) is 0 Å². The van der Waals surface area contributed by atoms with E-state index >= 15 is 0 Å². The van der Waals surface area contributed by atoms with E-state index in [1.54, 1.807) is 0 Å². The van der Waals surface area contributed by atoms with Crippen molar-refractivity contribution >= 4 is 34.8 Å². The summed E-state index contributed by atoms with van der Waals surface area (Å²) in [5, 5.41) is 2.77. The van der Waals surface area contributed by atoms with Crippen LogP contribution in [0.3, 0.4) is 0 Å². The van der Waals surface area contributed by atoms with Crippen LogP contribution in [0.15, 0.2) is 30.3 Å². The lowest BCUT2D eigenvalue weighted by Gasteiger charge is -2.25. The van der Waals surface area contributed by atoms with E-state index in [0.29, 0.717) is 5.69 Å². The maximum absolute atomic E-state index is 13.6. The number of benzene rings is 2. The summed E-state index contributed by atoms with van der Waals surface area (Å²) in [6, 6.07) is 8.09. The van der Waals surface area contributed by atoms with Crippen LogP contribution in [0.4, 0.5) is 10.1 Å². The topological polar surface area (TPSA) is 32.3 Å². The molecule has 0 atom stereocenters. The van der Waals surface area contributed by atoms with Crippen molar-refractivity contribution in [1.29, 1.82) is 0 Å². The molecule has 3 nitrogen and oxygen atoms in total. The Morgan fingerprint density at radius 1 is 1.17 bits per heavy atom. The summed E-state index contributed by atoms with van der Waals surface area (Å²) in [7, 11) is 2.06. The number of nitrogens with zero attached hydrogens (tertiary/aromatic N) is 1. The van der Waals surface area contributed by atoms with Crippen molar-refractivity contribution in [3.8, 4) is 0 Å². The second-order valence-corrected chi connectivity index (χ2v) is 6.49. The van der Waals surface area contributed by atoms with E-state index < -0.39 is 11.7 Å². The molecule has 1 aliphatic heterocycles. The van der Waals surface area contributed by atoms with E-state index in [0.717, 1.165) is 25.6 Å². The summed E-state index contributed by atoms with van der Waals surface area (Å²) >= 11 is 11.6. The number of hydrogen-bond donors (Lipinski definition) is 1. The molecule has 0 bridgehead atoms. The Kier molecular flexibility index (Phi) is 4.57. The minimum absolute atomic E-state index is 0.0587. The van der Waals surface area contributed by atoms with Gasteiger partial charge in [0.15, 0.2) is 0 Å². The van der Waals surface area contributed by atoms with Gasteiger partial charge in [-0.3, -0.25) is 4.79 Å². The molecule has 2 aromatic rings. The molecular formula is C17H15Cl2FN2O. The molecule has 0 aromatic heterocycles. The highest BCUT2D eigenvalue weighted by Gasteiger charge is 2.17. The number of amides is 1. The van der Waals surface area contributed by atoms with E-state index in [4.69, 9.17) is 23.2 Å². The fourth-order valence-electron chi connectivity index (χ4n) is 2.67. The highest BCUT2D eigenvalue weighted by molar-refractivity contribution is 6.37. The number of anilines is 1. The number of rotatable bonds is 2. The van der Waals surface area contributed by atoms with Crippen molar-refractivity contribution in [2.45, 2.75) is 13.0 Å². The molecule has 1 N–H and O–H groups in total. The van der Waals surface area contributed by atoms with Gasteiger partial charge in [-0.25, -0.2) is 4.39 Å². The van der Waals surface area contributed by atoms with Crippen LogP contribution in [0.2, 0.25) is 10.0 Å². The number of nitrogens with one attached hydrogen (secondary N) is 1. The minimum Gasteiger partial charge on any atom is -0.322 e. The van der Waals surface area contributed by atoms with Crippen molar-refractivity contribution in [1.82, 2.24) is 4.90 Å². The highest BCUT2D eigenvalue weighted by atomic mass is 35.5. The van der Waals surface area contributed by atoms with Crippen LogP contribution in [0.1, 0.15) is 21.5 Å². The standard InChI is InChI=1S/C17H15Cl2FN2O/c1-22-5-4-10-2-3-12(6-11(10)9-22)21-17(23)13-7-16(20)15(19)8-14(13)18/h2-3,6-8H,4-5,9H2,1H3,(H,21,23). The lowest BCUT2D eigenvalue weighted by molar-refractivity contribution is 0.102. The SMILES string of the molecule is CN1CCc2ccc(NC(=O)c3cc(F)c(Cl)cc3Cl)cc2C1. The third kappa shape index (κ3) is 3.50. The number of halogens is 3. The smallest absolute Gasteiger partial charge is 0.257 e. The van der Waals surface area contributed by atoms with Crippen molar-refractivity contribution in [3.63, 3.8) is 0 Å². The average molecular weight is 353 g/mol. The Morgan fingerprint density at radius 3 is 2.74 bits per heavy atom. The Bertz CT molecular complexity index is 779. The Balaban J connectivity index is 1.83. The molecule has 0 aliphatic carbocycles. The predicted octanol–water partition coefficient (Wildman–Crippen LogP) is 4.37. The number of fused-ring (bicyclic) bond motifs is 1. The normalized spacial score (nSPS) is 14.4. The largest absolute Gasteiger partial charge is 0.322 e. The van der Waals surface area contributed by atoms with Gasteiger partial charge in [0.2, 0.25) is 0 Å². The molecule has 0 saturated carbocycles. The molecule has 1 amide bonds. The molecule has 0 spiro atoms. The van der Waals surface area contributed by atoms with E-state index in [1.807, 2.05) is 18.2 Å². The van der Waals surface area contributed by atoms with Gasteiger partial charge in [0.25, 0.3) is 5.91 Å². The number of hydrogen-bond acceptors (Lipinski definition) is 2. The second-order valence-electron chi connectivity index (χ2n) is 5.67. The summed E-state index contributed by atoms with van der Waals surface area (Å²) in [6.07, 6.45) is 0.994. The maximum atomic E-state index is 13.6. The first kappa shape index (κ1) is 16.2. The summed E-state index contributed by atoms with van der Waals surface area (Å²) < 4.78 is 13.6. The molecule has 0 saturated heterocycles. The second kappa shape index (κ2) is 6.48. The number of carbonyl (C=O) groups excluding carboxylic acids is 1. The maximum Gasteiger partial charge on any atom is 0.257 e. The van der Waals surface area contributed by atoms with Gasteiger partial charge in [-0.2, -0.15) is 0 Å². The molecule has 1 aliphatic rings. The van der Waals surface area contributed by atoms with Gasteiger partial charge in [-0.1, -0.05) is 29.3 Å². The minimum atomic E-state index is -0.673. The van der Waals surface area contributed by atoms with Gasteiger partial charge in [0.05, 0.1) is 15.6 Å². The van der Waals surface area contributed by atoms with Crippen LogP contribution < -0.4 is 5.32 Å². The monoisotopic (exact) mass is 352 g/mol. The third-order valence-electron chi connectivity index (χ3n) is 3.92. The van der Waals surface area contributed by atoms with E-state index in [-0.39, 0.29) is 15.6 Å². The third-order valence-corrected chi connectivity index (χ3v) is 4.52. The molecule has 2 aromatic carbocycles. The summed E-state index contributed by atoms with van der Waals surface area (Å²) in [6.45, 7) is 1.87. The van der Waals surface area contributed by atoms with Gasteiger partial charge in [-0.05, 0) is 48.9 Å². The van der Waals surface area contributed by atoms with Gasteiger partial charge in [-0.15, -0.1) is 0 Å². The van der Waals surface area contributed by atoms with Crippen LogP contribution >= 0.6 is 23.2 Å². The summed E-state index contributed by atoms with van der Waals surface area (Å²) in [4.78, 5) is 14.5. The van der Waals surface area contributed by atoms with Crippen LogP contribution in [0.5, 0.6) is 0 Å². The molecule has 0 fully saturated rings. The number of carbonyl (C=O) groups is 1. The quantitative estimate of drug-likeness (QED) is 0.813. The Morgan fingerprint density at radius 2 is 1.96 bits per heavy atom. The zero-order valence-corrected chi connectivity index (χ0v) is 14.0. The zero-order chi connectivity index (χ0) is 16.6. The first-order valence-electron chi connectivity index (χ1n) is 7.20. The lowest BCUT2D eigenvalue weighted by atomic mass is 9.99. The predicted molar refractivity (Wildman–Crippen MR) is 90.9 cm³/mol. The van der Waals surface area contributed by atoms with Crippen LogP contribution in [-0.4, -0.2) is 24.4 Å². The summed E-state index contributed by atoms with van der Waals surface area (Å²) in [5.41, 5.74) is 3.19. The molecule has 6 heteroatoms. The van der Waals surface area contributed by atoms with Crippen molar-refractivity contribution in [3.05, 3.63) is 62.9 Å². The molecule has 120 valence electrons. The first-order chi connectivity index (χ1) is 10.9. The fourth-order valence-corrected chi connectivity index (χ4v) is 3.14. The lowest BCUT2D eigenvalue weighted by Crippen LogP contribution is -2.26. The zero-order valence-electron chi connectivity index (χ0n) is 12.5. The van der Waals surface area contributed by atoms with Crippen molar-refractivity contribution in [2.75, 3.05) is 18.9 Å². The van der Waals surface area contributed by atoms with Crippen LogP contribution in [0, 0.1) is 5.82 Å². The van der Waals surface area contributed by atoms with Gasteiger partial charge >= 0.3 is 0 Å². The number of likely N-dealkylation sites (N-methyl/N-ethyl adjacent to an activating group) is 1. The van der Waals surface area contributed by atoms with Gasteiger partial charge < -0.3 is 10.2 Å². The van der Waals surface area contributed by atoms with Gasteiger partial charge in [0.1, 0.15) is 5.82 Å². The Labute approximate surface area is 144 Å². The van der Waals surface area contributed by atoms with E-state index in [2.05, 4.69) is 17.3 Å². The summed E-state index contributed by atoms with van der Waals surface area (Å²) in [5.74, 6) is -1.14. The molecular weight excluding hydrogens is 338 g/mol. The van der Waals surface area contributed by atoms with Crippen molar-refractivity contribution < 1.29 is 9.18 Å².